The summed E-state index contributed by atoms with van der Waals surface area (Å²) in [7, 11) is 2.13. The lowest BCUT2D eigenvalue weighted by Crippen LogP contribution is -2.20. The number of likely N-dealkylation sites (N-methyl/N-ethyl adjacent to an activating group) is 1. The second-order valence-corrected chi connectivity index (χ2v) is 6.88. The number of phenols is 1. The molecule has 0 amide bonds. The predicted molar refractivity (Wildman–Crippen MR) is 88.6 cm³/mol. The lowest BCUT2D eigenvalue weighted by molar-refractivity contribution is 0.352. The van der Waals surface area contributed by atoms with Crippen LogP contribution in [-0.4, -0.2) is 30.1 Å². The zero-order valence-electron chi connectivity index (χ0n) is 12.0. The van der Waals surface area contributed by atoms with E-state index in [1.807, 2.05) is 24.3 Å². The van der Waals surface area contributed by atoms with Gasteiger partial charge in [0.15, 0.2) is 0 Å². The van der Waals surface area contributed by atoms with E-state index in [0.717, 1.165) is 36.4 Å². The molecule has 4 heteroatoms. The molecule has 1 aliphatic rings. The van der Waals surface area contributed by atoms with Crippen LogP contribution in [0.4, 0.5) is 0 Å². The largest absolute Gasteiger partial charge is 0.506 e. The lowest BCUT2D eigenvalue weighted by Gasteiger charge is -2.15. The fourth-order valence-corrected chi connectivity index (χ4v) is 4.00. The zero-order valence-corrected chi connectivity index (χ0v) is 13.5. The monoisotopic (exact) mass is 319 g/mol. The second kappa shape index (κ2) is 6.30. The fourth-order valence-electron chi connectivity index (χ4n) is 2.67. The molecule has 2 aromatic carbocycles. The van der Waals surface area contributed by atoms with E-state index in [0.29, 0.717) is 5.02 Å². The first-order valence-corrected chi connectivity index (χ1v) is 8.29. The highest BCUT2D eigenvalue weighted by molar-refractivity contribution is 7.99. The van der Waals surface area contributed by atoms with Gasteiger partial charge < -0.3 is 10.0 Å². The lowest BCUT2D eigenvalue weighted by atomic mass is 10.0. The standard InChI is InChI=1S/C17H18ClNOS/c1-19-9-7-13-14(8-10-19)17(18)15(20)11-16(13)21-12-5-3-2-4-6-12/h2-6,11,20H,7-10H2,1H3. The van der Waals surface area contributed by atoms with Crippen LogP contribution in [0.25, 0.3) is 0 Å². The molecule has 21 heavy (non-hydrogen) atoms. The fraction of sp³-hybridized carbons (Fsp3) is 0.294. The van der Waals surface area contributed by atoms with E-state index in [4.69, 9.17) is 11.6 Å². The van der Waals surface area contributed by atoms with E-state index in [2.05, 4.69) is 24.1 Å². The molecule has 3 rings (SSSR count). The number of benzene rings is 2. The van der Waals surface area contributed by atoms with Crippen LogP contribution in [0, 0.1) is 0 Å². The van der Waals surface area contributed by atoms with E-state index in [9.17, 15) is 5.11 Å². The quantitative estimate of drug-likeness (QED) is 0.896. The summed E-state index contributed by atoms with van der Waals surface area (Å²) in [5.74, 6) is 0.193. The maximum atomic E-state index is 10.1. The topological polar surface area (TPSA) is 23.5 Å². The van der Waals surface area contributed by atoms with Crippen LogP contribution in [0.5, 0.6) is 5.75 Å². The van der Waals surface area contributed by atoms with Gasteiger partial charge in [-0.2, -0.15) is 0 Å². The van der Waals surface area contributed by atoms with Gasteiger partial charge in [0.2, 0.25) is 0 Å². The van der Waals surface area contributed by atoms with Crippen LogP contribution in [-0.2, 0) is 12.8 Å². The number of halogens is 1. The molecule has 2 nitrogen and oxygen atoms in total. The van der Waals surface area contributed by atoms with Crippen molar-refractivity contribution in [1.29, 1.82) is 0 Å². The molecule has 0 atom stereocenters. The van der Waals surface area contributed by atoms with Gasteiger partial charge in [0.1, 0.15) is 5.75 Å². The van der Waals surface area contributed by atoms with Crippen molar-refractivity contribution < 1.29 is 5.11 Å². The molecule has 110 valence electrons. The molecule has 0 aromatic heterocycles. The first kappa shape index (κ1) is 14.8. The molecule has 0 radical (unpaired) electrons. The van der Waals surface area contributed by atoms with Gasteiger partial charge in [0, 0.05) is 22.9 Å². The van der Waals surface area contributed by atoms with Crippen molar-refractivity contribution >= 4 is 23.4 Å². The average molecular weight is 320 g/mol. The maximum absolute atomic E-state index is 10.1. The Bertz CT molecular complexity index is 645. The minimum atomic E-state index is 0.193. The third-order valence-electron chi connectivity index (χ3n) is 3.88. The van der Waals surface area contributed by atoms with Crippen molar-refractivity contribution in [3.05, 3.63) is 52.5 Å². The average Bonchev–Trinajstić information content (AvgIpc) is 2.68. The number of rotatable bonds is 2. The molecule has 1 aliphatic heterocycles. The van der Waals surface area contributed by atoms with Gasteiger partial charge in [-0.15, -0.1) is 0 Å². The number of nitrogens with zero attached hydrogens (tertiary/aromatic N) is 1. The van der Waals surface area contributed by atoms with Gasteiger partial charge >= 0.3 is 0 Å². The Morgan fingerprint density at radius 3 is 2.48 bits per heavy atom. The van der Waals surface area contributed by atoms with Crippen molar-refractivity contribution in [3.8, 4) is 5.75 Å². The van der Waals surface area contributed by atoms with Gasteiger partial charge in [-0.1, -0.05) is 41.6 Å². The third kappa shape index (κ3) is 3.20. The van der Waals surface area contributed by atoms with Gasteiger partial charge in [-0.25, -0.2) is 0 Å². The normalized spacial score (nSPS) is 15.5. The number of aromatic hydroxyl groups is 1. The summed E-state index contributed by atoms with van der Waals surface area (Å²) in [4.78, 5) is 4.61. The Morgan fingerprint density at radius 2 is 1.76 bits per heavy atom. The van der Waals surface area contributed by atoms with Gasteiger partial charge in [0.25, 0.3) is 0 Å². The van der Waals surface area contributed by atoms with Crippen LogP contribution in [0.1, 0.15) is 11.1 Å². The molecule has 1 N–H and O–H groups in total. The van der Waals surface area contributed by atoms with Crippen LogP contribution < -0.4 is 0 Å². The highest BCUT2D eigenvalue weighted by Crippen LogP contribution is 2.41. The Morgan fingerprint density at radius 1 is 1.10 bits per heavy atom. The summed E-state index contributed by atoms with van der Waals surface area (Å²) < 4.78 is 0. The van der Waals surface area contributed by atoms with Crippen LogP contribution in [0.3, 0.4) is 0 Å². The number of hydrogen-bond donors (Lipinski definition) is 1. The van der Waals surface area contributed by atoms with E-state index in [1.165, 1.54) is 10.5 Å². The van der Waals surface area contributed by atoms with Crippen molar-refractivity contribution in [2.75, 3.05) is 20.1 Å². The smallest absolute Gasteiger partial charge is 0.135 e. The predicted octanol–water partition coefficient (Wildman–Crippen LogP) is 4.23. The minimum absolute atomic E-state index is 0.193. The summed E-state index contributed by atoms with van der Waals surface area (Å²) in [6.45, 7) is 2.00. The molecule has 0 fully saturated rings. The summed E-state index contributed by atoms with van der Waals surface area (Å²) in [5.41, 5.74) is 2.40. The Labute approximate surface area is 134 Å². The summed E-state index contributed by atoms with van der Waals surface area (Å²) in [5, 5.41) is 10.7. The van der Waals surface area contributed by atoms with E-state index in [-0.39, 0.29) is 5.75 Å². The molecule has 2 aromatic rings. The van der Waals surface area contributed by atoms with Crippen LogP contribution in [0.2, 0.25) is 5.02 Å². The molecular weight excluding hydrogens is 302 g/mol. The number of fused-ring (bicyclic) bond motifs is 1. The SMILES string of the molecule is CN1CCc2c(Sc3ccccc3)cc(O)c(Cl)c2CC1. The molecule has 1 heterocycles. The second-order valence-electron chi connectivity index (χ2n) is 5.38. The van der Waals surface area contributed by atoms with Crippen molar-refractivity contribution in [2.45, 2.75) is 22.6 Å². The Kier molecular flexibility index (Phi) is 4.43. The van der Waals surface area contributed by atoms with E-state index >= 15 is 0 Å². The molecule has 0 saturated carbocycles. The Hall–Kier alpha value is -1.16. The minimum Gasteiger partial charge on any atom is -0.506 e. The molecular formula is C17H18ClNOS. The van der Waals surface area contributed by atoms with Gasteiger partial charge in [-0.05, 0) is 49.2 Å². The molecule has 0 saturated heterocycles. The summed E-state index contributed by atoms with van der Waals surface area (Å²) in [6.07, 6.45) is 1.86. The van der Waals surface area contributed by atoms with Crippen LogP contribution >= 0.6 is 23.4 Å². The Balaban J connectivity index is 2.03. The summed E-state index contributed by atoms with van der Waals surface area (Å²) >= 11 is 8.03. The van der Waals surface area contributed by atoms with Gasteiger partial charge in [0.05, 0.1) is 5.02 Å². The number of phenolic OH excluding ortho intramolecular Hbond substituents is 1. The van der Waals surface area contributed by atoms with E-state index < -0.39 is 0 Å². The highest BCUT2D eigenvalue weighted by atomic mass is 35.5. The molecule has 0 spiro atoms. The maximum Gasteiger partial charge on any atom is 0.135 e. The van der Waals surface area contributed by atoms with Crippen LogP contribution in [0.15, 0.2) is 46.2 Å². The van der Waals surface area contributed by atoms with Crippen molar-refractivity contribution in [3.63, 3.8) is 0 Å². The number of hydrogen-bond acceptors (Lipinski definition) is 3. The molecule has 0 bridgehead atoms. The van der Waals surface area contributed by atoms with Crippen molar-refractivity contribution in [2.24, 2.45) is 0 Å². The van der Waals surface area contributed by atoms with Crippen molar-refractivity contribution in [1.82, 2.24) is 4.90 Å². The first-order valence-electron chi connectivity index (χ1n) is 7.10. The zero-order chi connectivity index (χ0) is 14.8. The van der Waals surface area contributed by atoms with E-state index in [1.54, 1.807) is 11.8 Å². The van der Waals surface area contributed by atoms with Gasteiger partial charge in [-0.3, -0.25) is 0 Å². The highest BCUT2D eigenvalue weighted by Gasteiger charge is 2.20. The summed E-state index contributed by atoms with van der Waals surface area (Å²) in [6, 6.07) is 12.1. The molecule has 0 unspecified atom stereocenters. The molecule has 0 aliphatic carbocycles. The third-order valence-corrected chi connectivity index (χ3v) is 5.39. The first-order chi connectivity index (χ1) is 10.1.